The maximum Gasteiger partial charge on any atom is 0.283 e. The SMILES string of the molecule is N#Cc1ccccc1S(=O)(=O)S(=O)O. The number of hydrogen-bond donors (Lipinski definition) is 1. The molecule has 1 N–H and O–H groups in total. The third kappa shape index (κ3) is 1.82. The Kier molecular flexibility index (Phi) is 3.00. The molecular formula is C7H5NO4S2. The van der Waals surface area contributed by atoms with Gasteiger partial charge in [-0.2, -0.15) is 5.26 Å². The fraction of sp³-hybridized carbons (Fsp3) is 0. The first-order chi connectivity index (χ1) is 6.50. The van der Waals surface area contributed by atoms with Gasteiger partial charge in [-0.3, -0.25) is 4.55 Å². The average Bonchev–Trinajstić information content (AvgIpc) is 2.17. The van der Waals surface area contributed by atoms with Gasteiger partial charge in [0.05, 0.1) is 10.5 Å². The predicted molar refractivity (Wildman–Crippen MR) is 49.1 cm³/mol. The molecule has 0 aliphatic heterocycles. The van der Waals surface area contributed by atoms with Gasteiger partial charge in [-0.1, -0.05) is 12.1 Å². The Hall–Kier alpha value is -1.23. The van der Waals surface area contributed by atoms with E-state index in [0.717, 1.165) is 6.07 Å². The van der Waals surface area contributed by atoms with Crippen LogP contribution in [-0.4, -0.2) is 17.2 Å². The normalized spacial score (nSPS) is 13.1. The van der Waals surface area contributed by atoms with Crippen LogP contribution in [0.4, 0.5) is 0 Å². The van der Waals surface area contributed by atoms with Gasteiger partial charge in [0.25, 0.3) is 19.0 Å². The van der Waals surface area contributed by atoms with E-state index in [1.807, 2.05) is 0 Å². The molecule has 0 aliphatic rings. The average molecular weight is 231 g/mol. The Morgan fingerprint density at radius 2 is 1.93 bits per heavy atom. The van der Waals surface area contributed by atoms with E-state index >= 15 is 0 Å². The Bertz CT molecular complexity index is 515. The molecule has 74 valence electrons. The van der Waals surface area contributed by atoms with Crippen LogP contribution in [0.1, 0.15) is 5.56 Å². The quantitative estimate of drug-likeness (QED) is 0.589. The van der Waals surface area contributed by atoms with E-state index in [9.17, 15) is 12.6 Å². The topological polar surface area (TPSA) is 95.2 Å². The predicted octanol–water partition coefficient (Wildman–Crippen LogP) is 0.469. The number of nitriles is 1. The van der Waals surface area contributed by atoms with Crippen molar-refractivity contribution in [1.82, 2.24) is 0 Å². The minimum Gasteiger partial charge on any atom is -0.294 e. The molecule has 0 aromatic heterocycles. The summed E-state index contributed by atoms with van der Waals surface area (Å²) in [6, 6.07) is 6.85. The third-order valence-corrected chi connectivity index (χ3v) is 4.40. The van der Waals surface area contributed by atoms with Crippen LogP contribution in [0.3, 0.4) is 0 Å². The van der Waals surface area contributed by atoms with E-state index in [0.29, 0.717) is 0 Å². The molecule has 5 nitrogen and oxygen atoms in total. The molecule has 1 aromatic carbocycles. The van der Waals surface area contributed by atoms with Gasteiger partial charge >= 0.3 is 0 Å². The molecule has 0 saturated carbocycles. The zero-order valence-corrected chi connectivity index (χ0v) is 8.38. The molecule has 0 heterocycles. The number of nitrogens with zero attached hydrogens (tertiary/aromatic N) is 1. The van der Waals surface area contributed by atoms with E-state index in [2.05, 4.69) is 0 Å². The second-order valence-electron chi connectivity index (χ2n) is 2.28. The summed E-state index contributed by atoms with van der Waals surface area (Å²) in [5, 5.41) is 8.57. The molecular weight excluding hydrogens is 226 g/mol. The van der Waals surface area contributed by atoms with Gasteiger partial charge in [0, 0.05) is 0 Å². The lowest BCUT2D eigenvalue weighted by molar-refractivity contribution is 0.562. The van der Waals surface area contributed by atoms with Crippen molar-refractivity contribution in [2.75, 3.05) is 0 Å². The van der Waals surface area contributed by atoms with Crippen LogP contribution in [0, 0.1) is 11.3 Å². The first kappa shape index (κ1) is 10.8. The first-order valence-electron chi connectivity index (χ1n) is 3.35. The summed E-state index contributed by atoms with van der Waals surface area (Å²) >= 11 is 0. The Morgan fingerprint density at radius 3 is 2.43 bits per heavy atom. The highest BCUT2D eigenvalue weighted by molar-refractivity contribution is 8.62. The van der Waals surface area contributed by atoms with Gasteiger partial charge < -0.3 is 0 Å². The summed E-state index contributed by atoms with van der Waals surface area (Å²) in [5.41, 5.74) is -0.144. The summed E-state index contributed by atoms with van der Waals surface area (Å²) < 4.78 is 41.5. The second-order valence-corrected chi connectivity index (χ2v) is 6.23. The zero-order valence-electron chi connectivity index (χ0n) is 6.75. The van der Waals surface area contributed by atoms with E-state index in [1.54, 1.807) is 6.07 Å². The van der Waals surface area contributed by atoms with Crippen molar-refractivity contribution < 1.29 is 17.2 Å². The second kappa shape index (κ2) is 3.88. The number of benzene rings is 1. The van der Waals surface area contributed by atoms with Crippen LogP contribution in [0.25, 0.3) is 0 Å². The lowest BCUT2D eigenvalue weighted by Crippen LogP contribution is -2.09. The Labute approximate surface area is 82.6 Å². The van der Waals surface area contributed by atoms with Gasteiger partial charge in [-0.05, 0) is 12.1 Å². The van der Waals surface area contributed by atoms with Crippen LogP contribution in [0.2, 0.25) is 0 Å². The highest BCUT2D eigenvalue weighted by Crippen LogP contribution is 2.17. The van der Waals surface area contributed by atoms with E-state index in [-0.39, 0.29) is 5.56 Å². The van der Waals surface area contributed by atoms with Crippen LogP contribution in [0.5, 0.6) is 0 Å². The van der Waals surface area contributed by atoms with Crippen LogP contribution in [-0.2, 0) is 19.0 Å². The fourth-order valence-electron chi connectivity index (χ4n) is 0.854. The van der Waals surface area contributed by atoms with Crippen molar-refractivity contribution in [2.45, 2.75) is 4.90 Å². The van der Waals surface area contributed by atoms with Gasteiger partial charge in [0.2, 0.25) is 0 Å². The van der Waals surface area contributed by atoms with Crippen molar-refractivity contribution in [3.05, 3.63) is 29.8 Å². The molecule has 0 bridgehead atoms. The largest absolute Gasteiger partial charge is 0.294 e. The van der Waals surface area contributed by atoms with Crippen LogP contribution >= 0.6 is 0 Å². The van der Waals surface area contributed by atoms with E-state index in [1.165, 1.54) is 18.2 Å². The van der Waals surface area contributed by atoms with Gasteiger partial charge in [-0.25, -0.2) is 12.6 Å². The molecule has 1 atom stereocenters. The molecule has 0 amide bonds. The minimum absolute atomic E-state index is 0.144. The summed E-state index contributed by atoms with van der Waals surface area (Å²) in [5.74, 6) is 0. The maximum absolute atomic E-state index is 11.2. The number of rotatable bonds is 2. The summed E-state index contributed by atoms with van der Waals surface area (Å²) in [6.07, 6.45) is 0. The maximum atomic E-state index is 11.2. The Balaban J connectivity index is 3.50. The van der Waals surface area contributed by atoms with Gasteiger partial charge in [-0.15, -0.1) is 0 Å². The van der Waals surface area contributed by atoms with Gasteiger partial charge in [0.1, 0.15) is 6.07 Å². The molecule has 0 spiro atoms. The molecule has 1 unspecified atom stereocenters. The lowest BCUT2D eigenvalue weighted by atomic mass is 10.2. The highest BCUT2D eigenvalue weighted by Gasteiger charge is 2.24. The molecule has 14 heavy (non-hydrogen) atoms. The molecule has 0 radical (unpaired) electrons. The van der Waals surface area contributed by atoms with Crippen LogP contribution < -0.4 is 0 Å². The highest BCUT2D eigenvalue weighted by atomic mass is 33.2. The monoisotopic (exact) mass is 231 g/mol. The van der Waals surface area contributed by atoms with Crippen molar-refractivity contribution in [3.63, 3.8) is 0 Å². The summed E-state index contributed by atoms with van der Waals surface area (Å²) in [6.45, 7) is 0. The van der Waals surface area contributed by atoms with Crippen molar-refractivity contribution in [1.29, 1.82) is 5.26 Å². The first-order valence-corrected chi connectivity index (χ1v) is 6.46. The standard InChI is InChI=1S/C7H5NO4S2/c8-5-6-3-1-2-4-7(6)14(11,12)13(9)10/h1-4H,(H,9,10). The number of hydrogen-bond acceptors (Lipinski definition) is 4. The Morgan fingerprint density at radius 1 is 1.36 bits per heavy atom. The van der Waals surface area contributed by atoms with Gasteiger partial charge in [0.15, 0.2) is 0 Å². The summed E-state index contributed by atoms with van der Waals surface area (Å²) in [7, 11) is -7.33. The molecule has 7 heteroatoms. The van der Waals surface area contributed by atoms with Crippen molar-refractivity contribution >= 4 is 19.0 Å². The zero-order chi connectivity index (χ0) is 10.8. The fourth-order valence-corrected chi connectivity index (χ4v) is 2.53. The van der Waals surface area contributed by atoms with Crippen molar-refractivity contribution in [3.8, 4) is 6.07 Å². The van der Waals surface area contributed by atoms with Crippen molar-refractivity contribution in [2.24, 2.45) is 0 Å². The summed E-state index contributed by atoms with van der Waals surface area (Å²) in [4.78, 5) is -0.427. The smallest absolute Gasteiger partial charge is 0.283 e. The molecule has 0 fully saturated rings. The van der Waals surface area contributed by atoms with E-state index in [4.69, 9.17) is 9.81 Å². The molecule has 1 rings (SSSR count). The molecule has 0 aliphatic carbocycles. The lowest BCUT2D eigenvalue weighted by Gasteiger charge is -2.00. The minimum atomic E-state index is -4.31. The molecule has 1 aromatic rings. The van der Waals surface area contributed by atoms with Crippen LogP contribution in [0.15, 0.2) is 29.2 Å². The van der Waals surface area contributed by atoms with E-state index < -0.39 is 23.9 Å². The molecule has 0 saturated heterocycles. The third-order valence-electron chi connectivity index (χ3n) is 1.46.